The Labute approximate surface area is 108 Å². The van der Waals surface area contributed by atoms with E-state index in [9.17, 15) is 4.39 Å². The average molecular weight is 278 g/mol. The molecule has 1 aromatic carbocycles. The Kier molecular flexibility index (Phi) is 4.74. The molecule has 2 rings (SSSR count). The van der Waals surface area contributed by atoms with E-state index in [-0.39, 0.29) is 18.2 Å². The number of thiophene rings is 1. The van der Waals surface area contributed by atoms with Crippen molar-refractivity contribution >= 4 is 35.3 Å². The van der Waals surface area contributed by atoms with Crippen LogP contribution in [0, 0.1) is 5.82 Å². The summed E-state index contributed by atoms with van der Waals surface area (Å²) in [5.74, 6) is -0.321. The summed E-state index contributed by atoms with van der Waals surface area (Å²) in [5.41, 5.74) is 7.27. The molecule has 0 aliphatic rings. The number of hydrogen-bond donors (Lipinski definition) is 1. The normalized spacial score (nSPS) is 11.9. The van der Waals surface area contributed by atoms with Crippen LogP contribution in [0.5, 0.6) is 0 Å². The molecule has 0 bridgehead atoms. The van der Waals surface area contributed by atoms with Crippen LogP contribution in [0.25, 0.3) is 0 Å². The summed E-state index contributed by atoms with van der Waals surface area (Å²) in [6.07, 6.45) is 0. The van der Waals surface area contributed by atoms with E-state index >= 15 is 0 Å². The van der Waals surface area contributed by atoms with Crippen LogP contribution in [-0.4, -0.2) is 0 Å². The second-order valence-electron chi connectivity index (χ2n) is 3.20. The molecule has 0 amide bonds. The fourth-order valence-electron chi connectivity index (χ4n) is 1.38. The summed E-state index contributed by atoms with van der Waals surface area (Å²) in [5, 5.41) is 4.32. The lowest BCUT2D eigenvalue weighted by Gasteiger charge is -2.11. The summed E-state index contributed by atoms with van der Waals surface area (Å²) in [6.45, 7) is 0. The maximum Gasteiger partial charge on any atom is 0.128 e. The number of halogens is 3. The first-order chi connectivity index (χ1) is 7.18. The maximum atomic E-state index is 13.5. The van der Waals surface area contributed by atoms with Crippen molar-refractivity contribution in [1.82, 2.24) is 0 Å². The van der Waals surface area contributed by atoms with Crippen LogP contribution in [0.15, 0.2) is 35.0 Å². The van der Waals surface area contributed by atoms with Gasteiger partial charge in [0.05, 0.1) is 6.04 Å². The molecule has 0 saturated heterocycles. The van der Waals surface area contributed by atoms with Crippen LogP contribution in [0.3, 0.4) is 0 Å². The first-order valence-electron chi connectivity index (χ1n) is 4.41. The average Bonchev–Trinajstić information content (AvgIpc) is 2.74. The third-order valence-corrected chi connectivity index (χ3v) is 3.13. The molecule has 1 atom stereocenters. The van der Waals surface area contributed by atoms with Gasteiger partial charge in [0.25, 0.3) is 0 Å². The van der Waals surface area contributed by atoms with Gasteiger partial charge in [-0.25, -0.2) is 4.39 Å². The van der Waals surface area contributed by atoms with Gasteiger partial charge in [0, 0.05) is 10.6 Å². The van der Waals surface area contributed by atoms with Crippen LogP contribution < -0.4 is 5.73 Å². The van der Waals surface area contributed by atoms with Crippen LogP contribution >= 0.6 is 35.3 Å². The smallest absolute Gasteiger partial charge is 0.128 e. The van der Waals surface area contributed by atoms with E-state index in [1.165, 1.54) is 23.5 Å². The Balaban J connectivity index is 0.00000128. The van der Waals surface area contributed by atoms with Gasteiger partial charge in [-0.15, -0.1) is 12.4 Å². The van der Waals surface area contributed by atoms with Crippen molar-refractivity contribution in [3.8, 4) is 0 Å². The predicted molar refractivity (Wildman–Crippen MR) is 69.0 cm³/mol. The second kappa shape index (κ2) is 5.64. The van der Waals surface area contributed by atoms with Crippen molar-refractivity contribution < 1.29 is 4.39 Å². The second-order valence-corrected chi connectivity index (χ2v) is 4.42. The molecule has 1 aromatic heterocycles. The molecule has 0 aliphatic carbocycles. The van der Waals surface area contributed by atoms with Gasteiger partial charge >= 0.3 is 0 Å². The molecular weight excluding hydrogens is 268 g/mol. The topological polar surface area (TPSA) is 26.0 Å². The quantitative estimate of drug-likeness (QED) is 0.882. The van der Waals surface area contributed by atoms with Crippen molar-refractivity contribution in [3.05, 3.63) is 57.0 Å². The molecular formula is C11H10Cl2FNS. The van der Waals surface area contributed by atoms with Crippen LogP contribution in [0.1, 0.15) is 17.2 Å². The van der Waals surface area contributed by atoms with Gasteiger partial charge in [0.15, 0.2) is 0 Å². The van der Waals surface area contributed by atoms with E-state index < -0.39 is 6.04 Å². The molecule has 1 heterocycles. The highest BCUT2D eigenvalue weighted by Crippen LogP contribution is 2.26. The van der Waals surface area contributed by atoms with Gasteiger partial charge in [-0.1, -0.05) is 11.6 Å². The maximum absolute atomic E-state index is 13.5. The van der Waals surface area contributed by atoms with E-state index in [1.807, 2.05) is 16.8 Å². The Morgan fingerprint density at radius 3 is 2.69 bits per heavy atom. The van der Waals surface area contributed by atoms with E-state index in [0.29, 0.717) is 10.6 Å². The highest BCUT2D eigenvalue weighted by Gasteiger charge is 2.14. The first kappa shape index (κ1) is 13.5. The number of rotatable bonds is 2. The molecule has 1 nitrogen and oxygen atoms in total. The minimum absolute atomic E-state index is 0. The summed E-state index contributed by atoms with van der Waals surface area (Å²) in [6, 6.07) is 5.86. The standard InChI is InChI=1S/C11H9ClFNS.ClH/c12-8-1-2-10(13)9(5-8)11(14)7-3-4-15-6-7;/h1-6,11H,14H2;1H/t11-;/m0./s1. The largest absolute Gasteiger partial charge is 0.320 e. The molecule has 2 N–H and O–H groups in total. The molecule has 0 fully saturated rings. The zero-order valence-corrected chi connectivity index (χ0v) is 10.6. The Morgan fingerprint density at radius 2 is 2.06 bits per heavy atom. The fourth-order valence-corrected chi connectivity index (χ4v) is 2.26. The van der Waals surface area contributed by atoms with Gasteiger partial charge in [-0.2, -0.15) is 11.3 Å². The molecule has 0 radical (unpaired) electrons. The lowest BCUT2D eigenvalue weighted by Crippen LogP contribution is -2.12. The molecule has 0 saturated carbocycles. The molecule has 16 heavy (non-hydrogen) atoms. The number of nitrogens with two attached hydrogens (primary N) is 1. The van der Waals surface area contributed by atoms with Gasteiger partial charge < -0.3 is 5.73 Å². The zero-order valence-electron chi connectivity index (χ0n) is 8.19. The summed E-state index contributed by atoms with van der Waals surface area (Å²) >= 11 is 7.34. The number of hydrogen-bond acceptors (Lipinski definition) is 2. The highest BCUT2D eigenvalue weighted by molar-refractivity contribution is 7.08. The summed E-state index contributed by atoms with van der Waals surface area (Å²) < 4.78 is 13.5. The van der Waals surface area contributed by atoms with Gasteiger partial charge in [-0.3, -0.25) is 0 Å². The van der Waals surface area contributed by atoms with Crippen molar-refractivity contribution in [1.29, 1.82) is 0 Å². The minimum Gasteiger partial charge on any atom is -0.320 e. The lowest BCUT2D eigenvalue weighted by molar-refractivity contribution is 0.600. The highest BCUT2D eigenvalue weighted by atomic mass is 35.5. The molecule has 86 valence electrons. The van der Waals surface area contributed by atoms with Crippen molar-refractivity contribution in [3.63, 3.8) is 0 Å². The SMILES string of the molecule is Cl.N[C@@H](c1ccsc1)c1cc(Cl)ccc1F. The van der Waals surface area contributed by atoms with Crippen molar-refractivity contribution in [2.75, 3.05) is 0 Å². The van der Waals surface area contributed by atoms with Gasteiger partial charge in [-0.05, 0) is 40.6 Å². The Morgan fingerprint density at radius 1 is 1.31 bits per heavy atom. The van der Waals surface area contributed by atoms with E-state index in [4.69, 9.17) is 17.3 Å². The van der Waals surface area contributed by atoms with E-state index in [2.05, 4.69) is 0 Å². The zero-order chi connectivity index (χ0) is 10.8. The Hall–Kier alpha value is -0.610. The minimum atomic E-state index is -0.449. The van der Waals surface area contributed by atoms with Gasteiger partial charge in [0.2, 0.25) is 0 Å². The monoisotopic (exact) mass is 277 g/mol. The first-order valence-corrected chi connectivity index (χ1v) is 5.73. The molecule has 5 heteroatoms. The summed E-state index contributed by atoms with van der Waals surface area (Å²) in [7, 11) is 0. The predicted octanol–water partition coefficient (Wildman–Crippen LogP) is 4.01. The van der Waals surface area contributed by atoms with E-state index in [0.717, 1.165) is 5.56 Å². The Bertz CT molecular complexity index is 459. The fraction of sp³-hybridized carbons (Fsp3) is 0.0909. The summed E-state index contributed by atoms with van der Waals surface area (Å²) in [4.78, 5) is 0. The molecule has 0 aliphatic heterocycles. The third kappa shape index (κ3) is 2.74. The van der Waals surface area contributed by atoms with Crippen molar-refractivity contribution in [2.45, 2.75) is 6.04 Å². The molecule has 0 unspecified atom stereocenters. The van der Waals surface area contributed by atoms with Crippen molar-refractivity contribution in [2.24, 2.45) is 5.73 Å². The van der Waals surface area contributed by atoms with Crippen LogP contribution in [0.4, 0.5) is 4.39 Å². The number of benzene rings is 1. The van der Waals surface area contributed by atoms with Crippen LogP contribution in [0.2, 0.25) is 5.02 Å². The molecule has 0 spiro atoms. The lowest BCUT2D eigenvalue weighted by atomic mass is 10.0. The van der Waals surface area contributed by atoms with Crippen LogP contribution in [-0.2, 0) is 0 Å². The van der Waals surface area contributed by atoms with Gasteiger partial charge in [0.1, 0.15) is 5.82 Å². The molecule has 2 aromatic rings. The van der Waals surface area contributed by atoms with E-state index in [1.54, 1.807) is 6.07 Å². The third-order valence-electron chi connectivity index (χ3n) is 2.20.